The minimum atomic E-state index is -0.697. The number of esters is 1. The summed E-state index contributed by atoms with van der Waals surface area (Å²) >= 11 is 2.94. The number of fused-ring (bicyclic) bond motifs is 1. The Balaban J connectivity index is 1.64. The van der Waals surface area contributed by atoms with Crippen LogP contribution in [0.2, 0.25) is 0 Å². The number of hydrogen-bond acceptors (Lipinski definition) is 7. The van der Waals surface area contributed by atoms with Gasteiger partial charge in [-0.1, -0.05) is 18.2 Å². The SMILES string of the molecule is CCOC(=O)c1cc2cc(NC(=O)C(CCSC)NC(=O)COc3ccccc3)ccc2s1. The Labute approximate surface area is 200 Å². The minimum absolute atomic E-state index is 0.176. The monoisotopic (exact) mass is 486 g/mol. The van der Waals surface area contributed by atoms with E-state index in [1.165, 1.54) is 11.3 Å². The average molecular weight is 487 g/mol. The number of nitrogens with one attached hydrogen (secondary N) is 2. The molecule has 0 fully saturated rings. The number of ether oxygens (including phenoxy) is 2. The molecule has 1 aromatic heterocycles. The second-order valence-corrected chi connectivity index (χ2v) is 9.15. The van der Waals surface area contributed by atoms with Gasteiger partial charge in [0.25, 0.3) is 5.91 Å². The molecular formula is C24H26N2O5S2. The van der Waals surface area contributed by atoms with Crippen molar-refractivity contribution in [3.63, 3.8) is 0 Å². The van der Waals surface area contributed by atoms with Crippen LogP contribution in [0.4, 0.5) is 5.69 Å². The fraction of sp³-hybridized carbons (Fsp3) is 0.292. The molecule has 0 aliphatic rings. The number of para-hydroxylation sites is 1. The molecule has 2 aromatic carbocycles. The lowest BCUT2D eigenvalue weighted by Gasteiger charge is -2.18. The number of anilines is 1. The van der Waals surface area contributed by atoms with Crippen molar-refractivity contribution in [2.45, 2.75) is 19.4 Å². The first kappa shape index (κ1) is 24.6. The van der Waals surface area contributed by atoms with Gasteiger partial charge < -0.3 is 20.1 Å². The summed E-state index contributed by atoms with van der Waals surface area (Å²) in [6.45, 7) is 1.90. The van der Waals surface area contributed by atoms with Crippen LogP contribution in [0.3, 0.4) is 0 Å². The summed E-state index contributed by atoms with van der Waals surface area (Å²) in [6.07, 6.45) is 2.43. The molecule has 0 bridgehead atoms. The minimum Gasteiger partial charge on any atom is -0.484 e. The van der Waals surface area contributed by atoms with Crippen LogP contribution in [0.25, 0.3) is 10.1 Å². The van der Waals surface area contributed by atoms with Gasteiger partial charge >= 0.3 is 5.97 Å². The number of hydrogen-bond donors (Lipinski definition) is 2. The molecule has 0 saturated carbocycles. The summed E-state index contributed by atoms with van der Waals surface area (Å²) in [5.74, 6) is 0.264. The molecule has 174 valence electrons. The quantitative estimate of drug-likeness (QED) is 0.392. The maximum atomic E-state index is 12.9. The molecule has 3 rings (SSSR count). The van der Waals surface area contributed by atoms with E-state index in [2.05, 4.69) is 10.6 Å². The molecule has 1 atom stereocenters. The van der Waals surface area contributed by atoms with Crippen molar-refractivity contribution in [2.24, 2.45) is 0 Å². The molecule has 0 aliphatic heterocycles. The summed E-state index contributed by atoms with van der Waals surface area (Å²) in [7, 11) is 0. The van der Waals surface area contributed by atoms with E-state index in [4.69, 9.17) is 9.47 Å². The molecule has 33 heavy (non-hydrogen) atoms. The summed E-state index contributed by atoms with van der Waals surface area (Å²) < 4.78 is 11.4. The number of carbonyl (C=O) groups excluding carboxylic acids is 3. The number of benzene rings is 2. The zero-order valence-corrected chi connectivity index (χ0v) is 20.1. The number of carbonyl (C=O) groups is 3. The predicted molar refractivity (Wildman–Crippen MR) is 133 cm³/mol. The van der Waals surface area contributed by atoms with E-state index in [0.717, 1.165) is 10.1 Å². The largest absolute Gasteiger partial charge is 0.484 e. The molecule has 7 nitrogen and oxygen atoms in total. The molecular weight excluding hydrogens is 460 g/mol. The molecule has 2 amide bonds. The predicted octanol–water partition coefficient (Wildman–Crippen LogP) is 4.33. The van der Waals surface area contributed by atoms with E-state index in [1.54, 1.807) is 49.0 Å². The zero-order valence-electron chi connectivity index (χ0n) is 18.5. The van der Waals surface area contributed by atoms with Crippen LogP contribution in [0, 0.1) is 0 Å². The van der Waals surface area contributed by atoms with Crippen molar-refractivity contribution in [3.8, 4) is 5.75 Å². The van der Waals surface area contributed by atoms with Gasteiger partial charge in [-0.3, -0.25) is 9.59 Å². The Bertz CT molecular complexity index is 1100. The van der Waals surface area contributed by atoms with Gasteiger partial charge in [0, 0.05) is 10.4 Å². The molecule has 0 saturated heterocycles. The molecule has 2 N–H and O–H groups in total. The second kappa shape index (κ2) is 12.3. The number of thiophene rings is 1. The van der Waals surface area contributed by atoms with Crippen molar-refractivity contribution >= 4 is 56.7 Å². The fourth-order valence-electron chi connectivity index (χ4n) is 3.06. The lowest BCUT2D eigenvalue weighted by Crippen LogP contribution is -2.45. The van der Waals surface area contributed by atoms with Crippen LogP contribution in [-0.4, -0.2) is 49.0 Å². The standard InChI is InChI=1S/C24H26N2O5S2/c1-3-30-24(29)21-14-16-13-17(9-10-20(16)33-21)25-23(28)19(11-12-32-2)26-22(27)15-31-18-7-5-4-6-8-18/h4-10,13-14,19H,3,11-12,15H2,1-2H3,(H,25,28)(H,26,27). The third-order valence-corrected chi connectivity index (χ3v) is 6.38. The van der Waals surface area contributed by atoms with Crippen LogP contribution >= 0.6 is 23.1 Å². The highest BCUT2D eigenvalue weighted by atomic mass is 32.2. The normalized spacial score (nSPS) is 11.6. The summed E-state index contributed by atoms with van der Waals surface area (Å²) in [5, 5.41) is 6.47. The first-order valence-electron chi connectivity index (χ1n) is 10.5. The van der Waals surface area contributed by atoms with Crippen LogP contribution in [0.5, 0.6) is 5.75 Å². The van der Waals surface area contributed by atoms with E-state index in [-0.39, 0.29) is 24.4 Å². The maximum Gasteiger partial charge on any atom is 0.348 e. The first-order valence-corrected chi connectivity index (χ1v) is 12.7. The van der Waals surface area contributed by atoms with Crippen molar-refractivity contribution in [1.29, 1.82) is 0 Å². The Morgan fingerprint density at radius 3 is 2.61 bits per heavy atom. The van der Waals surface area contributed by atoms with Crippen molar-refractivity contribution < 1.29 is 23.9 Å². The van der Waals surface area contributed by atoms with Crippen LogP contribution in [0.15, 0.2) is 54.6 Å². The summed E-state index contributed by atoms with van der Waals surface area (Å²) in [4.78, 5) is 37.8. The van der Waals surface area contributed by atoms with Crippen LogP contribution in [0.1, 0.15) is 23.0 Å². The van der Waals surface area contributed by atoms with Gasteiger partial charge in [0.1, 0.15) is 16.7 Å². The van der Waals surface area contributed by atoms with Gasteiger partial charge in [0.05, 0.1) is 6.61 Å². The van der Waals surface area contributed by atoms with Crippen molar-refractivity contribution in [2.75, 3.05) is 30.5 Å². The Morgan fingerprint density at radius 1 is 1.09 bits per heavy atom. The van der Waals surface area contributed by atoms with Crippen LogP contribution in [-0.2, 0) is 14.3 Å². The van der Waals surface area contributed by atoms with Gasteiger partial charge in [0.2, 0.25) is 5.91 Å². The van der Waals surface area contributed by atoms with E-state index < -0.39 is 6.04 Å². The van der Waals surface area contributed by atoms with E-state index in [9.17, 15) is 14.4 Å². The van der Waals surface area contributed by atoms with Gasteiger partial charge in [0.15, 0.2) is 6.61 Å². The van der Waals surface area contributed by atoms with Crippen LogP contribution < -0.4 is 15.4 Å². The van der Waals surface area contributed by atoms with E-state index in [0.29, 0.717) is 35.1 Å². The lowest BCUT2D eigenvalue weighted by atomic mass is 10.2. The lowest BCUT2D eigenvalue weighted by molar-refractivity contribution is -0.127. The smallest absolute Gasteiger partial charge is 0.348 e. The third kappa shape index (κ3) is 7.23. The highest BCUT2D eigenvalue weighted by Gasteiger charge is 2.21. The van der Waals surface area contributed by atoms with E-state index in [1.807, 2.05) is 30.5 Å². The average Bonchev–Trinajstić information content (AvgIpc) is 3.25. The topological polar surface area (TPSA) is 93.7 Å². The number of amides is 2. The number of rotatable bonds is 11. The molecule has 0 spiro atoms. The highest BCUT2D eigenvalue weighted by Crippen LogP contribution is 2.28. The van der Waals surface area contributed by atoms with Gasteiger partial charge in [-0.2, -0.15) is 11.8 Å². The Kier molecular flexibility index (Phi) is 9.14. The third-order valence-electron chi connectivity index (χ3n) is 4.64. The highest BCUT2D eigenvalue weighted by molar-refractivity contribution is 7.98. The molecule has 9 heteroatoms. The molecule has 1 heterocycles. The summed E-state index contributed by atoms with van der Waals surface area (Å²) in [5.41, 5.74) is 0.588. The Hall–Kier alpha value is -3.04. The molecule has 0 aliphatic carbocycles. The Morgan fingerprint density at radius 2 is 1.88 bits per heavy atom. The zero-order chi connectivity index (χ0) is 23.6. The molecule has 0 radical (unpaired) electrons. The molecule has 3 aromatic rings. The van der Waals surface area contributed by atoms with Gasteiger partial charge in [-0.15, -0.1) is 11.3 Å². The fourth-order valence-corrected chi connectivity index (χ4v) is 4.47. The maximum absolute atomic E-state index is 12.9. The second-order valence-electron chi connectivity index (χ2n) is 7.08. The van der Waals surface area contributed by atoms with E-state index >= 15 is 0 Å². The van der Waals surface area contributed by atoms with Crippen molar-refractivity contribution in [3.05, 3.63) is 59.5 Å². The van der Waals surface area contributed by atoms with Crippen molar-refractivity contribution in [1.82, 2.24) is 5.32 Å². The van der Waals surface area contributed by atoms with Gasteiger partial charge in [-0.25, -0.2) is 4.79 Å². The number of thioether (sulfide) groups is 1. The summed E-state index contributed by atoms with van der Waals surface area (Å²) in [6, 6.07) is 15.5. The molecule has 1 unspecified atom stereocenters. The first-order chi connectivity index (χ1) is 16.0. The van der Waals surface area contributed by atoms with Gasteiger partial charge in [-0.05, 0) is 67.1 Å².